The number of aromatic nitrogens is 2. The summed E-state index contributed by atoms with van der Waals surface area (Å²) in [5, 5.41) is 3.49. The molecule has 28 heavy (non-hydrogen) atoms. The highest BCUT2D eigenvalue weighted by Crippen LogP contribution is 2.25. The number of rotatable bonds is 4. The first-order chi connectivity index (χ1) is 13.2. The molecule has 0 radical (unpaired) electrons. The van der Waals surface area contributed by atoms with Crippen molar-refractivity contribution < 1.29 is 9.53 Å². The summed E-state index contributed by atoms with van der Waals surface area (Å²) < 4.78 is 5.31. The Balaban J connectivity index is 1.64. The average molecular weight is 386 g/mol. The van der Waals surface area contributed by atoms with Gasteiger partial charge in [0.25, 0.3) is 5.56 Å². The Morgan fingerprint density at radius 1 is 1.39 bits per heavy atom. The lowest BCUT2D eigenvalue weighted by molar-refractivity contribution is 0.0500. The Kier molecular flexibility index (Phi) is 6.03. The molecule has 1 saturated heterocycles. The van der Waals surface area contributed by atoms with E-state index in [1.165, 1.54) is 0 Å². The van der Waals surface area contributed by atoms with Gasteiger partial charge in [-0.2, -0.15) is 0 Å². The summed E-state index contributed by atoms with van der Waals surface area (Å²) in [6, 6.07) is 7.39. The number of H-pyrrole nitrogens is 1. The van der Waals surface area contributed by atoms with E-state index < -0.39 is 5.60 Å². The largest absolute Gasteiger partial charge is 0.444 e. The molecule has 2 heterocycles. The molecule has 0 aliphatic carbocycles. The van der Waals surface area contributed by atoms with Crippen LogP contribution in [-0.2, 0) is 4.74 Å². The number of alkyl carbamates (subject to hydrolysis) is 1. The SMILES string of the molecule is CC(c1nc2ccccc2c(=O)[nH]1)N1CCCC(CNC(=O)OC(C)(C)C)C1. The van der Waals surface area contributed by atoms with E-state index in [4.69, 9.17) is 4.74 Å². The average Bonchev–Trinajstić information content (AvgIpc) is 2.64. The van der Waals surface area contributed by atoms with E-state index in [1.807, 2.05) is 39.0 Å². The van der Waals surface area contributed by atoms with Crippen LogP contribution in [0.25, 0.3) is 10.9 Å². The molecule has 1 aliphatic heterocycles. The molecule has 3 rings (SSSR count). The number of carbonyl (C=O) groups is 1. The van der Waals surface area contributed by atoms with Gasteiger partial charge in [-0.3, -0.25) is 9.69 Å². The predicted octanol–water partition coefficient (Wildman–Crippen LogP) is 3.22. The summed E-state index contributed by atoms with van der Waals surface area (Å²) in [7, 11) is 0. The summed E-state index contributed by atoms with van der Waals surface area (Å²) >= 11 is 0. The van der Waals surface area contributed by atoms with E-state index in [0.29, 0.717) is 29.2 Å². The first-order valence-corrected chi connectivity index (χ1v) is 9.93. The van der Waals surface area contributed by atoms with Crippen molar-refractivity contribution in [2.24, 2.45) is 5.92 Å². The van der Waals surface area contributed by atoms with E-state index in [2.05, 4.69) is 27.1 Å². The number of hydrogen-bond acceptors (Lipinski definition) is 5. The van der Waals surface area contributed by atoms with E-state index in [9.17, 15) is 9.59 Å². The van der Waals surface area contributed by atoms with Gasteiger partial charge in [0.2, 0.25) is 0 Å². The molecule has 1 aromatic carbocycles. The van der Waals surface area contributed by atoms with Gasteiger partial charge in [0.15, 0.2) is 0 Å². The summed E-state index contributed by atoms with van der Waals surface area (Å²) in [6.07, 6.45) is 1.72. The van der Waals surface area contributed by atoms with Crippen molar-refractivity contribution in [1.29, 1.82) is 0 Å². The smallest absolute Gasteiger partial charge is 0.407 e. The second-order valence-corrected chi connectivity index (χ2v) is 8.53. The molecular formula is C21H30N4O3. The molecule has 1 aliphatic rings. The van der Waals surface area contributed by atoms with Gasteiger partial charge in [-0.15, -0.1) is 0 Å². The Bertz CT molecular complexity index is 887. The lowest BCUT2D eigenvalue weighted by atomic mass is 9.96. The van der Waals surface area contributed by atoms with Crippen molar-refractivity contribution in [3.8, 4) is 0 Å². The Hall–Kier alpha value is -2.41. The zero-order valence-corrected chi connectivity index (χ0v) is 17.1. The fourth-order valence-electron chi connectivity index (χ4n) is 3.63. The molecule has 0 bridgehead atoms. The van der Waals surface area contributed by atoms with Crippen LogP contribution in [0.2, 0.25) is 0 Å². The van der Waals surface area contributed by atoms with E-state index in [1.54, 1.807) is 6.07 Å². The van der Waals surface area contributed by atoms with Gasteiger partial charge in [-0.05, 0) is 65.1 Å². The highest BCUT2D eigenvalue weighted by molar-refractivity contribution is 5.77. The third kappa shape index (κ3) is 5.10. The van der Waals surface area contributed by atoms with Crippen LogP contribution in [0.4, 0.5) is 4.79 Å². The summed E-state index contributed by atoms with van der Waals surface area (Å²) in [5.41, 5.74) is 0.117. The molecule has 2 atom stereocenters. The second-order valence-electron chi connectivity index (χ2n) is 8.53. The van der Waals surface area contributed by atoms with Gasteiger partial charge < -0.3 is 15.0 Å². The molecule has 0 spiro atoms. The van der Waals surface area contributed by atoms with Crippen LogP contribution < -0.4 is 10.9 Å². The van der Waals surface area contributed by atoms with Gasteiger partial charge in [0, 0.05) is 13.1 Å². The number of carbonyl (C=O) groups excluding carboxylic acids is 1. The van der Waals surface area contributed by atoms with Crippen molar-refractivity contribution >= 4 is 17.0 Å². The number of nitrogens with one attached hydrogen (secondary N) is 2. The molecule has 0 saturated carbocycles. The Morgan fingerprint density at radius 2 is 2.14 bits per heavy atom. The van der Waals surface area contributed by atoms with Crippen LogP contribution in [-0.4, -0.2) is 46.2 Å². The number of aromatic amines is 1. The Morgan fingerprint density at radius 3 is 2.89 bits per heavy atom. The number of likely N-dealkylation sites (tertiary alicyclic amines) is 1. The maximum Gasteiger partial charge on any atom is 0.407 e. The maximum absolute atomic E-state index is 12.4. The molecule has 2 aromatic rings. The molecule has 1 aromatic heterocycles. The van der Waals surface area contributed by atoms with Gasteiger partial charge in [-0.25, -0.2) is 9.78 Å². The maximum atomic E-state index is 12.4. The Labute approximate surface area is 165 Å². The number of benzene rings is 1. The lowest BCUT2D eigenvalue weighted by Crippen LogP contribution is -2.43. The molecule has 152 valence electrons. The molecule has 2 N–H and O–H groups in total. The van der Waals surface area contributed by atoms with E-state index in [-0.39, 0.29) is 17.7 Å². The topological polar surface area (TPSA) is 87.3 Å². The van der Waals surface area contributed by atoms with Crippen LogP contribution in [0.5, 0.6) is 0 Å². The third-order valence-corrected chi connectivity index (χ3v) is 5.06. The second kappa shape index (κ2) is 8.31. The van der Waals surface area contributed by atoms with Crippen molar-refractivity contribution in [1.82, 2.24) is 20.2 Å². The van der Waals surface area contributed by atoms with E-state index in [0.717, 1.165) is 25.9 Å². The third-order valence-electron chi connectivity index (χ3n) is 5.06. The summed E-state index contributed by atoms with van der Waals surface area (Å²) in [6.45, 7) is 10.0. The van der Waals surface area contributed by atoms with Gasteiger partial charge in [0.1, 0.15) is 11.4 Å². The number of piperidine rings is 1. The fourth-order valence-corrected chi connectivity index (χ4v) is 3.63. The minimum Gasteiger partial charge on any atom is -0.444 e. The van der Waals surface area contributed by atoms with Gasteiger partial charge in [-0.1, -0.05) is 12.1 Å². The first kappa shape index (κ1) is 20.3. The molecule has 7 heteroatoms. The molecule has 7 nitrogen and oxygen atoms in total. The molecule has 1 fully saturated rings. The minimum absolute atomic E-state index is 0.00151. The van der Waals surface area contributed by atoms with Crippen molar-refractivity contribution in [3.63, 3.8) is 0 Å². The number of ether oxygens (including phenoxy) is 1. The van der Waals surface area contributed by atoms with Crippen molar-refractivity contribution in [2.45, 2.75) is 52.2 Å². The number of hydrogen-bond donors (Lipinski definition) is 2. The van der Waals surface area contributed by atoms with Crippen LogP contribution in [0, 0.1) is 5.92 Å². The zero-order chi connectivity index (χ0) is 20.3. The minimum atomic E-state index is -0.495. The predicted molar refractivity (Wildman–Crippen MR) is 109 cm³/mol. The first-order valence-electron chi connectivity index (χ1n) is 9.93. The highest BCUT2D eigenvalue weighted by atomic mass is 16.6. The highest BCUT2D eigenvalue weighted by Gasteiger charge is 2.26. The van der Waals surface area contributed by atoms with Crippen LogP contribution in [0.3, 0.4) is 0 Å². The van der Waals surface area contributed by atoms with Crippen LogP contribution >= 0.6 is 0 Å². The van der Waals surface area contributed by atoms with E-state index >= 15 is 0 Å². The van der Waals surface area contributed by atoms with Crippen molar-refractivity contribution in [3.05, 3.63) is 40.4 Å². The fraction of sp³-hybridized carbons (Fsp3) is 0.571. The normalized spacial score (nSPS) is 19.4. The van der Waals surface area contributed by atoms with Crippen LogP contribution in [0.1, 0.15) is 52.4 Å². The lowest BCUT2D eigenvalue weighted by Gasteiger charge is -2.36. The zero-order valence-electron chi connectivity index (χ0n) is 17.1. The van der Waals surface area contributed by atoms with Crippen molar-refractivity contribution in [2.75, 3.05) is 19.6 Å². The quantitative estimate of drug-likeness (QED) is 0.842. The monoisotopic (exact) mass is 386 g/mol. The number of fused-ring (bicyclic) bond motifs is 1. The summed E-state index contributed by atoms with van der Waals surface area (Å²) in [4.78, 5) is 34.2. The summed E-state index contributed by atoms with van der Waals surface area (Å²) in [5.74, 6) is 1.03. The molecule has 2 unspecified atom stereocenters. The standard InChI is InChI=1S/C21H30N4O3/c1-14(18-23-17-10-6-5-9-16(17)19(26)24-18)25-11-7-8-15(13-25)12-22-20(27)28-21(2,3)4/h5-6,9-10,14-15H,7-8,11-13H2,1-4H3,(H,22,27)(H,23,24,26). The number of amides is 1. The molecule has 1 amide bonds. The van der Waals surface area contributed by atoms with Gasteiger partial charge >= 0.3 is 6.09 Å². The van der Waals surface area contributed by atoms with Crippen LogP contribution in [0.15, 0.2) is 29.1 Å². The number of nitrogens with zero attached hydrogens (tertiary/aromatic N) is 2. The molecular weight excluding hydrogens is 356 g/mol. The number of para-hydroxylation sites is 1. The van der Waals surface area contributed by atoms with Gasteiger partial charge in [0.05, 0.1) is 16.9 Å².